The van der Waals surface area contributed by atoms with Crippen LogP contribution < -0.4 is 0 Å². The molecule has 6 heteroatoms. The average Bonchev–Trinajstić information content (AvgIpc) is 3.39. The molecule has 0 rings (SSSR count). The highest BCUT2D eigenvalue weighted by molar-refractivity contribution is 5.71. The van der Waals surface area contributed by atoms with Gasteiger partial charge in [-0.2, -0.15) is 0 Å². The fourth-order valence-corrected chi connectivity index (χ4v) is 8.28. The van der Waals surface area contributed by atoms with Crippen LogP contribution in [0.25, 0.3) is 0 Å². The van der Waals surface area contributed by atoms with Gasteiger partial charge < -0.3 is 14.2 Å². The molecule has 0 radical (unpaired) electrons. The second-order valence-corrected chi connectivity index (χ2v) is 19.9. The number of hydrogen-bond acceptors (Lipinski definition) is 6. The lowest BCUT2D eigenvalue weighted by molar-refractivity contribution is -0.167. The van der Waals surface area contributed by atoms with E-state index in [1.807, 2.05) is 0 Å². The number of hydrogen-bond donors (Lipinski definition) is 0. The van der Waals surface area contributed by atoms with Crippen molar-refractivity contribution >= 4 is 17.9 Å². The Balaban J connectivity index is 4.36. The van der Waals surface area contributed by atoms with E-state index in [2.05, 4.69) is 130 Å². The third-order valence-corrected chi connectivity index (χ3v) is 12.8. The van der Waals surface area contributed by atoms with Gasteiger partial charge in [-0.15, -0.1) is 0 Å². The fourth-order valence-electron chi connectivity index (χ4n) is 8.28. The lowest BCUT2D eigenvalue weighted by Crippen LogP contribution is -2.30. The molecule has 0 amide bonds. The Kier molecular flexibility index (Phi) is 57.4. The van der Waals surface area contributed by atoms with E-state index >= 15 is 0 Å². The topological polar surface area (TPSA) is 78.9 Å². The largest absolute Gasteiger partial charge is 0.462 e. The lowest BCUT2D eigenvalue weighted by atomic mass is 10.1. The highest BCUT2D eigenvalue weighted by atomic mass is 16.6. The predicted molar refractivity (Wildman–Crippen MR) is 316 cm³/mol. The quantitative estimate of drug-likeness (QED) is 0.0261. The fraction of sp³-hybridized carbons (Fsp3) is 0.687. The summed E-state index contributed by atoms with van der Waals surface area (Å²) in [4.78, 5) is 38.2. The van der Waals surface area contributed by atoms with E-state index in [0.717, 1.165) is 128 Å². The minimum Gasteiger partial charge on any atom is -0.462 e. The molecule has 0 aromatic heterocycles. The van der Waals surface area contributed by atoms with Crippen LogP contribution in [0, 0.1) is 0 Å². The maximum Gasteiger partial charge on any atom is 0.306 e. The molecule has 0 aliphatic rings. The maximum atomic E-state index is 12.9. The number of carbonyl (C=O) groups excluding carboxylic acids is 3. The molecule has 0 aliphatic carbocycles. The van der Waals surface area contributed by atoms with Crippen LogP contribution in [0.5, 0.6) is 0 Å². The first-order valence-corrected chi connectivity index (χ1v) is 30.4. The minimum absolute atomic E-state index is 0.0841. The molecular weight excluding hydrogens is 901 g/mol. The molecule has 0 bridgehead atoms. The van der Waals surface area contributed by atoms with Crippen molar-refractivity contribution in [1.82, 2.24) is 0 Å². The van der Waals surface area contributed by atoms with Gasteiger partial charge in [0, 0.05) is 19.3 Å². The summed E-state index contributed by atoms with van der Waals surface area (Å²) >= 11 is 0. The highest BCUT2D eigenvalue weighted by Gasteiger charge is 2.19. The van der Waals surface area contributed by atoms with Crippen molar-refractivity contribution in [2.45, 2.75) is 284 Å². The van der Waals surface area contributed by atoms with Gasteiger partial charge in [0.25, 0.3) is 0 Å². The molecule has 0 aromatic carbocycles. The molecule has 0 spiro atoms. The van der Waals surface area contributed by atoms with Crippen LogP contribution in [0.2, 0.25) is 0 Å². The van der Waals surface area contributed by atoms with Gasteiger partial charge >= 0.3 is 17.9 Å². The van der Waals surface area contributed by atoms with E-state index in [4.69, 9.17) is 14.2 Å². The molecule has 416 valence electrons. The van der Waals surface area contributed by atoms with Crippen LogP contribution in [0.15, 0.2) is 109 Å². The number of ether oxygens (including phenoxy) is 3. The first-order valence-electron chi connectivity index (χ1n) is 30.4. The molecule has 0 N–H and O–H groups in total. The molecule has 0 saturated carbocycles. The van der Waals surface area contributed by atoms with Crippen molar-refractivity contribution in [1.29, 1.82) is 0 Å². The highest BCUT2D eigenvalue weighted by Crippen LogP contribution is 2.15. The van der Waals surface area contributed by atoms with E-state index in [1.54, 1.807) is 0 Å². The zero-order valence-electron chi connectivity index (χ0n) is 47.6. The smallest absolute Gasteiger partial charge is 0.306 e. The van der Waals surface area contributed by atoms with Crippen molar-refractivity contribution in [3.8, 4) is 0 Å². The zero-order chi connectivity index (χ0) is 52.9. The Bertz CT molecular complexity index is 1490. The summed E-state index contributed by atoms with van der Waals surface area (Å²) < 4.78 is 16.9. The van der Waals surface area contributed by atoms with Gasteiger partial charge in [0.2, 0.25) is 0 Å². The molecule has 0 aromatic rings. The number of allylic oxidation sites excluding steroid dienone is 18. The summed E-state index contributed by atoms with van der Waals surface area (Å²) in [5.74, 6) is -0.900. The van der Waals surface area contributed by atoms with Crippen LogP contribution >= 0.6 is 0 Å². The summed E-state index contributed by atoms with van der Waals surface area (Å²) in [5.41, 5.74) is 0. The van der Waals surface area contributed by atoms with Crippen molar-refractivity contribution < 1.29 is 28.6 Å². The normalized spacial score (nSPS) is 12.9. The van der Waals surface area contributed by atoms with E-state index < -0.39 is 6.10 Å². The zero-order valence-corrected chi connectivity index (χ0v) is 47.6. The lowest BCUT2D eigenvalue weighted by Gasteiger charge is -2.18. The Morgan fingerprint density at radius 2 is 0.534 bits per heavy atom. The van der Waals surface area contributed by atoms with Gasteiger partial charge in [-0.1, -0.05) is 265 Å². The first kappa shape index (κ1) is 69.1. The third-order valence-electron chi connectivity index (χ3n) is 12.8. The number of esters is 3. The number of carbonyl (C=O) groups is 3. The third kappa shape index (κ3) is 58.8. The Morgan fingerprint density at radius 3 is 0.836 bits per heavy atom. The van der Waals surface area contributed by atoms with Crippen molar-refractivity contribution in [2.24, 2.45) is 0 Å². The summed E-state index contributed by atoms with van der Waals surface area (Å²) in [6.07, 6.45) is 82.2. The number of rotatable bonds is 54. The Hall–Kier alpha value is -3.93. The Morgan fingerprint density at radius 1 is 0.288 bits per heavy atom. The molecule has 0 heterocycles. The van der Waals surface area contributed by atoms with Gasteiger partial charge in [0.1, 0.15) is 13.2 Å². The molecule has 1 atom stereocenters. The van der Waals surface area contributed by atoms with Crippen LogP contribution in [-0.2, 0) is 28.6 Å². The van der Waals surface area contributed by atoms with Gasteiger partial charge in [0.05, 0.1) is 0 Å². The SMILES string of the molecule is CC/C=C\C/C=C\C/C=C\C/C=C\C/C=C\CCCCCCCCCC(=O)OCC(COC(=O)CCCCCCCCCCCCC)OC(=O)CCCCCCCCCC/C=C\C/C=C\C/C=C\C/C=C\CC. The first-order chi connectivity index (χ1) is 36.0. The van der Waals surface area contributed by atoms with Crippen molar-refractivity contribution in [3.63, 3.8) is 0 Å². The van der Waals surface area contributed by atoms with Gasteiger partial charge in [-0.25, -0.2) is 0 Å². The molecular formula is C67H112O6. The second kappa shape index (κ2) is 60.6. The van der Waals surface area contributed by atoms with Gasteiger partial charge in [0.15, 0.2) is 6.10 Å². The van der Waals surface area contributed by atoms with Crippen LogP contribution in [-0.4, -0.2) is 37.2 Å². The summed E-state index contributed by atoms with van der Waals surface area (Å²) in [5, 5.41) is 0. The predicted octanol–water partition coefficient (Wildman–Crippen LogP) is 20.7. The maximum absolute atomic E-state index is 12.9. The summed E-state index contributed by atoms with van der Waals surface area (Å²) in [6, 6.07) is 0. The number of unbranched alkanes of at least 4 members (excludes halogenated alkanes) is 25. The molecule has 0 saturated heterocycles. The van der Waals surface area contributed by atoms with E-state index in [-0.39, 0.29) is 31.1 Å². The minimum atomic E-state index is -0.788. The van der Waals surface area contributed by atoms with Crippen LogP contribution in [0.4, 0.5) is 0 Å². The standard InChI is InChI=1S/C67H112O6/c1-4-7-10-13-16-19-22-24-26-28-30-32-33-35-36-38-40-42-45-48-51-54-57-60-66(69)72-63-64(62-71-65(68)59-56-53-50-47-44-21-18-15-12-9-6-3)73-67(70)61-58-55-52-49-46-43-41-39-37-34-31-29-27-25-23-20-17-14-11-8-5-2/h7-8,10-11,16-17,19-20,24-27,30-32,34-36,64H,4-6,9,12-15,18,21-23,28-29,33,37-63H2,1-3H3/b10-7-,11-8-,19-16-,20-17-,26-24-,27-25-,32-30-,34-31-,36-35-. The molecule has 0 fully saturated rings. The van der Waals surface area contributed by atoms with Crippen LogP contribution in [0.1, 0.15) is 278 Å². The van der Waals surface area contributed by atoms with Crippen molar-refractivity contribution in [3.05, 3.63) is 109 Å². The molecule has 73 heavy (non-hydrogen) atoms. The average molecular weight is 1010 g/mol. The second-order valence-electron chi connectivity index (χ2n) is 19.9. The van der Waals surface area contributed by atoms with E-state index in [0.29, 0.717) is 19.3 Å². The van der Waals surface area contributed by atoms with Crippen LogP contribution in [0.3, 0.4) is 0 Å². The Labute approximate surface area is 450 Å². The monoisotopic (exact) mass is 1010 g/mol. The van der Waals surface area contributed by atoms with E-state index in [9.17, 15) is 14.4 Å². The molecule has 1 unspecified atom stereocenters. The molecule has 6 nitrogen and oxygen atoms in total. The molecule has 0 aliphatic heterocycles. The summed E-state index contributed by atoms with van der Waals surface area (Å²) in [7, 11) is 0. The van der Waals surface area contributed by atoms with Gasteiger partial charge in [-0.3, -0.25) is 14.4 Å². The van der Waals surface area contributed by atoms with E-state index in [1.165, 1.54) is 109 Å². The van der Waals surface area contributed by atoms with Crippen molar-refractivity contribution in [2.75, 3.05) is 13.2 Å². The summed E-state index contributed by atoms with van der Waals surface area (Å²) in [6.45, 7) is 6.40. The van der Waals surface area contributed by atoms with Gasteiger partial charge in [-0.05, 0) is 103 Å².